The van der Waals surface area contributed by atoms with E-state index in [1.165, 1.54) is 16.7 Å². The van der Waals surface area contributed by atoms with Gasteiger partial charge in [0.05, 0.1) is 13.2 Å². The minimum atomic E-state index is 0.466. The molecule has 2 rings (SSSR count). The second-order valence-electron chi connectivity index (χ2n) is 5.78. The molecule has 1 aromatic heterocycles. The minimum Gasteiger partial charge on any atom is -0.380 e. The summed E-state index contributed by atoms with van der Waals surface area (Å²) in [6.45, 7) is 7.34. The van der Waals surface area contributed by atoms with E-state index in [9.17, 15) is 0 Å². The Labute approximate surface area is 149 Å². The Balaban J connectivity index is 1.89. The monoisotopic (exact) mass is 345 g/mol. The third kappa shape index (κ3) is 5.98. The maximum Gasteiger partial charge on any atom is 0.191 e. The maximum atomic E-state index is 5.14. The fraction of sp³-hybridized carbons (Fsp3) is 0.421. The second-order valence-corrected chi connectivity index (χ2v) is 6.56. The van der Waals surface area contributed by atoms with Crippen molar-refractivity contribution >= 4 is 17.3 Å². The molecule has 1 atom stereocenters. The number of rotatable bonds is 8. The molecule has 0 spiro atoms. The third-order valence-electron chi connectivity index (χ3n) is 3.79. The zero-order valence-electron chi connectivity index (χ0n) is 14.7. The Morgan fingerprint density at radius 3 is 2.54 bits per heavy atom. The quantitative estimate of drug-likeness (QED) is 0.566. The number of hydrogen-bond donors (Lipinski definition) is 2. The van der Waals surface area contributed by atoms with Crippen molar-refractivity contribution in [1.29, 1.82) is 0 Å². The van der Waals surface area contributed by atoms with E-state index in [1.807, 2.05) is 0 Å². The molecule has 2 aromatic rings. The van der Waals surface area contributed by atoms with E-state index in [0.717, 1.165) is 19.0 Å². The highest BCUT2D eigenvalue weighted by atomic mass is 32.1. The van der Waals surface area contributed by atoms with E-state index in [4.69, 9.17) is 4.74 Å². The normalized spacial score (nSPS) is 12.9. The number of aliphatic imine (C=N–C) groups is 1. The summed E-state index contributed by atoms with van der Waals surface area (Å²) < 4.78 is 5.14. The van der Waals surface area contributed by atoms with Gasteiger partial charge in [-0.1, -0.05) is 31.2 Å². The van der Waals surface area contributed by atoms with Crippen LogP contribution >= 0.6 is 11.3 Å². The molecule has 1 heterocycles. The van der Waals surface area contributed by atoms with Crippen LogP contribution in [0.1, 0.15) is 36.5 Å². The first-order valence-corrected chi connectivity index (χ1v) is 9.28. The smallest absolute Gasteiger partial charge is 0.191 e. The van der Waals surface area contributed by atoms with Crippen molar-refractivity contribution in [3.05, 3.63) is 57.8 Å². The highest BCUT2D eigenvalue weighted by Gasteiger charge is 2.07. The Hall–Kier alpha value is -1.85. The molecule has 0 aliphatic rings. The number of thiophene rings is 1. The largest absolute Gasteiger partial charge is 0.380 e. The molecule has 0 saturated heterocycles. The van der Waals surface area contributed by atoms with E-state index < -0.39 is 0 Å². The first-order chi connectivity index (χ1) is 11.7. The van der Waals surface area contributed by atoms with E-state index in [1.54, 1.807) is 18.4 Å². The molecule has 1 aromatic carbocycles. The molecule has 24 heavy (non-hydrogen) atoms. The first kappa shape index (κ1) is 18.5. The molecule has 0 fully saturated rings. The predicted octanol–water partition coefficient (Wildman–Crippen LogP) is 3.75. The van der Waals surface area contributed by atoms with Crippen LogP contribution in [0.2, 0.25) is 0 Å². The molecule has 1 unspecified atom stereocenters. The number of methoxy groups -OCH3 is 1. The molecular formula is C19H27N3OS. The fourth-order valence-electron chi connectivity index (χ4n) is 2.34. The second kappa shape index (κ2) is 10.1. The van der Waals surface area contributed by atoms with Gasteiger partial charge in [-0.15, -0.1) is 0 Å². The van der Waals surface area contributed by atoms with Crippen molar-refractivity contribution in [2.24, 2.45) is 4.99 Å². The highest BCUT2D eigenvalue weighted by molar-refractivity contribution is 7.07. The predicted molar refractivity (Wildman–Crippen MR) is 103 cm³/mol. The Morgan fingerprint density at radius 1 is 1.17 bits per heavy atom. The lowest BCUT2D eigenvalue weighted by molar-refractivity contribution is 0.185. The van der Waals surface area contributed by atoms with Gasteiger partial charge in [-0.25, -0.2) is 4.99 Å². The van der Waals surface area contributed by atoms with E-state index in [2.05, 4.69) is 70.6 Å². The summed E-state index contributed by atoms with van der Waals surface area (Å²) in [6.07, 6.45) is 0. The lowest BCUT2D eigenvalue weighted by Gasteiger charge is -2.15. The van der Waals surface area contributed by atoms with Crippen LogP contribution < -0.4 is 10.6 Å². The van der Waals surface area contributed by atoms with Gasteiger partial charge < -0.3 is 15.4 Å². The molecule has 130 valence electrons. The third-order valence-corrected chi connectivity index (χ3v) is 4.49. The molecule has 0 saturated carbocycles. The fourth-order valence-corrected chi connectivity index (χ4v) is 3.12. The van der Waals surface area contributed by atoms with Crippen molar-refractivity contribution in [2.75, 3.05) is 20.2 Å². The maximum absolute atomic E-state index is 5.14. The van der Waals surface area contributed by atoms with E-state index >= 15 is 0 Å². The lowest BCUT2D eigenvalue weighted by atomic mass is 10.1. The van der Waals surface area contributed by atoms with Crippen LogP contribution in [0.25, 0.3) is 0 Å². The zero-order chi connectivity index (χ0) is 17.2. The molecule has 0 radical (unpaired) electrons. The molecule has 4 nitrogen and oxygen atoms in total. The first-order valence-electron chi connectivity index (χ1n) is 8.34. The SMILES string of the molecule is CCNC(=NCc1ccc(COC)cc1)NCC(C)c1ccsc1. The summed E-state index contributed by atoms with van der Waals surface area (Å²) >= 11 is 1.74. The average Bonchev–Trinajstić information content (AvgIpc) is 3.13. The van der Waals surface area contributed by atoms with Gasteiger partial charge in [-0.05, 0) is 46.4 Å². The van der Waals surface area contributed by atoms with Crippen LogP contribution in [0.3, 0.4) is 0 Å². The summed E-state index contributed by atoms with van der Waals surface area (Å²) in [6, 6.07) is 10.6. The summed E-state index contributed by atoms with van der Waals surface area (Å²) in [5.74, 6) is 1.33. The van der Waals surface area contributed by atoms with Crippen molar-refractivity contribution in [3.8, 4) is 0 Å². The summed E-state index contributed by atoms with van der Waals surface area (Å²) in [7, 11) is 1.71. The van der Waals surface area contributed by atoms with Gasteiger partial charge in [0.2, 0.25) is 0 Å². The van der Waals surface area contributed by atoms with Crippen molar-refractivity contribution in [1.82, 2.24) is 10.6 Å². The molecule has 5 heteroatoms. The molecular weight excluding hydrogens is 318 g/mol. The number of benzene rings is 1. The summed E-state index contributed by atoms with van der Waals surface area (Å²) in [5.41, 5.74) is 3.75. The van der Waals surface area contributed by atoms with Gasteiger partial charge in [0.15, 0.2) is 5.96 Å². The topological polar surface area (TPSA) is 45.7 Å². The highest BCUT2D eigenvalue weighted by Crippen LogP contribution is 2.17. The molecule has 0 bridgehead atoms. The molecule has 0 aliphatic heterocycles. The number of ether oxygens (including phenoxy) is 1. The van der Waals surface area contributed by atoms with Gasteiger partial charge >= 0.3 is 0 Å². The summed E-state index contributed by atoms with van der Waals surface area (Å²) in [5, 5.41) is 11.1. The number of guanidine groups is 1. The standard InChI is InChI=1S/C19H27N3OS/c1-4-20-19(21-11-15(2)18-9-10-24-14-18)22-12-16-5-7-17(8-6-16)13-23-3/h5-10,14-15H,4,11-13H2,1-3H3,(H2,20,21,22). The van der Waals surface area contributed by atoms with Crippen LogP contribution in [0.4, 0.5) is 0 Å². The molecule has 0 amide bonds. The van der Waals surface area contributed by atoms with Crippen LogP contribution in [-0.4, -0.2) is 26.2 Å². The minimum absolute atomic E-state index is 0.466. The Bertz CT molecular complexity index is 608. The van der Waals surface area contributed by atoms with Crippen LogP contribution in [0, 0.1) is 0 Å². The molecule has 2 N–H and O–H groups in total. The summed E-state index contributed by atoms with van der Waals surface area (Å²) in [4.78, 5) is 4.68. The Morgan fingerprint density at radius 2 is 1.92 bits per heavy atom. The van der Waals surface area contributed by atoms with E-state index in [-0.39, 0.29) is 0 Å². The average molecular weight is 346 g/mol. The van der Waals surface area contributed by atoms with Gasteiger partial charge in [-0.3, -0.25) is 0 Å². The lowest BCUT2D eigenvalue weighted by Crippen LogP contribution is -2.39. The van der Waals surface area contributed by atoms with Crippen LogP contribution in [0.5, 0.6) is 0 Å². The van der Waals surface area contributed by atoms with Crippen molar-refractivity contribution in [2.45, 2.75) is 32.9 Å². The molecule has 0 aliphatic carbocycles. The zero-order valence-corrected chi connectivity index (χ0v) is 15.5. The number of nitrogens with zero attached hydrogens (tertiary/aromatic N) is 1. The van der Waals surface area contributed by atoms with Crippen molar-refractivity contribution in [3.63, 3.8) is 0 Å². The number of nitrogens with one attached hydrogen (secondary N) is 2. The number of hydrogen-bond acceptors (Lipinski definition) is 3. The van der Waals surface area contributed by atoms with Crippen molar-refractivity contribution < 1.29 is 4.74 Å². The van der Waals surface area contributed by atoms with Gasteiger partial charge in [-0.2, -0.15) is 11.3 Å². The van der Waals surface area contributed by atoms with Crippen LogP contribution in [-0.2, 0) is 17.9 Å². The Kier molecular flexibility index (Phi) is 7.79. The van der Waals surface area contributed by atoms with Gasteiger partial charge in [0.25, 0.3) is 0 Å². The van der Waals surface area contributed by atoms with Gasteiger partial charge in [0.1, 0.15) is 0 Å². The van der Waals surface area contributed by atoms with E-state index in [0.29, 0.717) is 19.1 Å². The van der Waals surface area contributed by atoms with Gasteiger partial charge in [0, 0.05) is 20.2 Å². The van der Waals surface area contributed by atoms with Crippen LogP contribution in [0.15, 0.2) is 46.1 Å².